The molecule has 0 aromatic carbocycles. The average molecular weight is 173 g/mol. The van der Waals surface area contributed by atoms with Gasteiger partial charge in [0.05, 0.1) is 5.70 Å². The zero-order valence-electron chi connectivity index (χ0n) is 5.90. The van der Waals surface area contributed by atoms with E-state index in [1.165, 1.54) is 5.41 Å². The summed E-state index contributed by atoms with van der Waals surface area (Å²) in [6.45, 7) is 1.62. The molecule has 1 rings (SSSR count). The minimum absolute atomic E-state index is 0.0205. The predicted octanol–water partition coefficient (Wildman–Crippen LogP) is 0.136. The Morgan fingerprint density at radius 1 is 1.91 bits per heavy atom. The van der Waals surface area contributed by atoms with Gasteiger partial charge in [-0.2, -0.15) is 0 Å². The highest BCUT2D eigenvalue weighted by Crippen LogP contribution is 2.09. The van der Waals surface area contributed by atoms with E-state index in [9.17, 15) is 9.35 Å². The highest BCUT2D eigenvalue weighted by Gasteiger charge is 2.20. The monoisotopic (exact) mass is 173 g/mol. The quantitative estimate of drug-likeness (QED) is 0.573. The van der Waals surface area contributed by atoms with Crippen molar-refractivity contribution in [2.75, 3.05) is 5.75 Å². The highest BCUT2D eigenvalue weighted by molar-refractivity contribution is 7.95. The summed E-state index contributed by atoms with van der Waals surface area (Å²) < 4.78 is 10.9. The van der Waals surface area contributed by atoms with Crippen LogP contribution in [0.5, 0.6) is 0 Å². The fourth-order valence-electron chi connectivity index (χ4n) is 0.748. The lowest BCUT2D eigenvalue weighted by Gasteiger charge is -2.10. The number of carboxylic acid groups (broad SMARTS) is 1. The van der Waals surface area contributed by atoms with Crippen LogP contribution in [0.3, 0.4) is 0 Å². The molecular formula is C6H7NO3S. The lowest BCUT2D eigenvalue weighted by atomic mass is 10.4. The molecule has 1 heterocycles. The molecule has 1 N–H and O–H groups in total. The van der Waals surface area contributed by atoms with E-state index in [-0.39, 0.29) is 11.5 Å². The molecule has 0 radical (unpaired) electrons. The molecule has 1 unspecified atom stereocenters. The number of aliphatic imine (C=N–C) groups is 1. The van der Waals surface area contributed by atoms with E-state index in [0.717, 1.165) is 0 Å². The molecule has 0 bridgehead atoms. The van der Waals surface area contributed by atoms with Crippen molar-refractivity contribution >= 4 is 22.9 Å². The molecule has 0 saturated heterocycles. The SMILES string of the molecule is CC1=C[S+]([O-])CC(C(=O)O)=N1. The van der Waals surface area contributed by atoms with Gasteiger partial charge in [-0.3, -0.25) is 0 Å². The van der Waals surface area contributed by atoms with Crippen LogP contribution in [0.4, 0.5) is 0 Å². The van der Waals surface area contributed by atoms with Gasteiger partial charge in [-0.1, -0.05) is 0 Å². The maximum absolute atomic E-state index is 10.9. The van der Waals surface area contributed by atoms with Crippen molar-refractivity contribution in [3.8, 4) is 0 Å². The van der Waals surface area contributed by atoms with Gasteiger partial charge in [0, 0.05) is 0 Å². The first kappa shape index (κ1) is 8.29. The Balaban J connectivity index is 2.84. The molecule has 11 heavy (non-hydrogen) atoms. The third kappa shape index (κ3) is 2.06. The zero-order valence-corrected chi connectivity index (χ0v) is 6.72. The summed E-state index contributed by atoms with van der Waals surface area (Å²) in [5.74, 6) is -1.07. The molecule has 0 aromatic heterocycles. The van der Waals surface area contributed by atoms with Crippen molar-refractivity contribution in [3.05, 3.63) is 11.1 Å². The van der Waals surface area contributed by atoms with Crippen molar-refractivity contribution in [1.82, 2.24) is 0 Å². The fraction of sp³-hybridized carbons (Fsp3) is 0.333. The van der Waals surface area contributed by atoms with Crippen molar-refractivity contribution in [1.29, 1.82) is 0 Å². The summed E-state index contributed by atoms with van der Waals surface area (Å²) in [5.41, 5.74) is 0.482. The standard InChI is InChI=1S/C6H7NO3S/c1-4-2-11(10)3-5(7-4)6(8)9/h2H,3H2,1H3,(H,8,9). The largest absolute Gasteiger partial charge is 0.612 e. The molecule has 60 valence electrons. The Hall–Kier alpha value is -0.810. The molecule has 1 aliphatic heterocycles. The number of rotatable bonds is 1. The van der Waals surface area contributed by atoms with Crippen LogP contribution < -0.4 is 0 Å². The van der Waals surface area contributed by atoms with Gasteiger partial charge in [-0.25, -0.2) is 9.79 Å². The molecule has 0 aromatic rings. The van der Waals surface area contributed by atoms with Gasteiger partial charge in [0.2, 0.25) is 0 Å². The van der Waals surface area contributed by atoms with E-state index in [0.29, 0.717) is 5.70 Å². The van der Waals surface area contributed by atoms with E-state index >= 15 is 0 Å². The second-order valence-corrected chi connectivity index (χ2v) is 3.43. The van der Waals surface area contributed by atoms with Crippen LogP contribution in [0.1, 0.15) is 6.92 Å². The molecule has 5 heteroatoms. The predicted molar refractivity (Wildman–Crippen MR) is 41.8 cm³/mol. The normalized spacial score (nSPS) is 24.0. The van der Waals surface area contributed by atoms with Crippen molar-refractivity contribution < 1.29 is 14.5 Å². The van der Waals surface area contributed by atoms with Crippen molar-refractivity contribution in [2.45, 2.75) is 6.92 Å². The number of aliphatic carboxylic acids is 1. The maximum atomic E-state index is 10.9. The Bertz CT molecular complexity index is 246. The fourth-order valence-corrected chi connectivity index (χ4v) is 1.72. The first-order valence-corrected chi connectivity index (χ1v) is 4.34. The Kier molecular flexibility index (Phi) is 2.31. The number of carboxylic acids is 1. The van der Waals surface area contributed by atoms with Gasteiger partial charge in [0.1, 0.15) is 5.41 Å². The third-order valence-electron chi connectivity index (χ3n) is 1.14. The lowest BCUT2D eigenvalue weighted by Crippen LogP contribution is -2.25. The molecule has 0 aliphatic carbocycles. The summed E-state index contributed by atoms with van der Waals surface area (Å²) in [7, 11) is 0. The maximum Gasteiger partial charge on any atom is 0.355 e. The van der Waals surface area contributed by atoms with Gasteiger partial charge < -0.3 is 9.66 Å². The first-order chi connectivity index (χ1) is 5.09. The van der Waals surface area contributed by atoms with Gasteiger partial charge in [-0.05, 0) is 18.1 Å². The summed E-state index contributed by atoms with van der Waals surface area (Å²) in [5, 5.41) is 9.93. The molecule has 4 nitrogen and oxygen atoms in total. The zero-order chi connectivity index (χ0) is 8.43. The van der Waals surface area contributed by atoms with Crippen LogP contribution >= 0.6 is 0 Å². The topological polar surface area (TPSA) is 72.7 Å². The summed E-state index contributed by atoms with van der Waals surface area (Å²) in [4.78, 5) is 14.1. The number of hydrogen-bond donors (Lipinski definition) is 1. The molecule has 1 aliphatic rings. The molecular weight excluding hydrogens is 166 g/mol. The molecule has 0 saturated carbocycles. The molecule has 0 fully saturated rings. The second kappa shape index (κ2) is 3.06. The van der Waals surface area contributed by atoms with Crippen LogP contribution in [0.2, 0.25) is 0 Å². The average Bonchev–Trinajstić information content (AvgIpc) is 1.85. The summed E-state index contributed by atoms with van der Waals surface area (Å²) in [6, 6.07) is 0. The molecule has 1 atom stereocenters. The number of carbonyl (C=O) groups is 1. The Labute approximate surface area is 66.8 Å². The smallest absolute Gasteiger partial charge is 0.355 e. The summed E-state index contributed by atoms with van der Waals surface area (Å²) >= 11 is -1.19. The van der Waals surface area contributed by atoms with Crippen LogP contribution in [-0.4, -0.2) is 27.1 Å². The van der Waals surface area contributed by atoms with Crippen molar-refractivity contribution in [2.24, 2.45) is 4.99 Å². The molecule has 0 amide bonds. The number of allylic oxidation sites excluding steroid dienone is 1. The van der Waals surface area contributed by atoms with Crippen LogP contribution in [0.15, 0.2) is 16.1 Å². The first-order valence-electron chi connectivity index (χ1n) is 2.96. The summed E-state index contributed by atoms with van der Waals surface area (Å²) in [6.07, 6.45) is 0. The second-order valence-electron chi connectivity index (χ2n) is 2.15. The van der Waals surface area contributed by atoms with E-state index in [4.69, 9.17) is 5.11 Å². The molecule has 0 spiro atoms. The Morgan fingerprint density at radius 2 is 2.55 bits per heavy atom. The van der Waals surface area contributed by atoms with Gasteiger partial charge in [0.25, 0.3) is 0 Å². The van der Waals surface area contributed by atoms with Crippen molar-refractivity contribution in [3.63, 3.8) is 0 Å². The van der Waals surface area contributed by atoms with Crippen LogP contribution in [0.25, 0.3) is 0 Å². The lowest BCUT2D eigenvalue weighted by molar-refractivity contribution is -0.129. The van der Waals surface area contributed by atoms with E-state index in [1.807, 2.05) is 0 Å². The minimum Gasteiger partial charge on any atom is -0.612 e. The van der Waals surface area contributed by atoms with Gasteiger partial charge in [-0.15, -0.1) is 0 Å². The third-order valence-corrected chi connectivity index (χ3v) is 2.30. The van der Waals surface area contributed by atoms with Crippen LogP contribution in [-0.2, 0) is 16.0 Å². The number of nitrogens with zero attached hydrogens (tertiary/aromatic N) is 1. The minimum atomic E-state index is -1.19. The highest BCUT2D eigenvalue weighted by atomic mass is 32.2. The van der Waals surface area contributed by atoms with Gasteiger partial charge >= 0.3 is 5.97 Å². The van der Waals surface area contributed by atoms with Crippen LogP contribution in [0, 0.1) is 0 Å². The Morgan fingerprint density at radius 3 is 3.00 bits per heavy atom. The van der Waals surface area contributed by atoms with E-state index < -0.39 is 17.1 Å². The van der Waals surface area contributed by atoms with Gasteiger partial charge in [0.15, 0.2) is 11.5 Å². The van der Waals surface area contributed by atoms with E-state index in [1.54, 1.807) is 6.92 Å². The van der Waals surface area contributed by atoms with E-state index in [2.05, 4.69) is 4.99 Å². The number of hydrogen-bond acceptors (Lipinski definition) is 3.